The zero-order chi connectivity index (χ0) is 60.4. The Bertz CT molecular complexity index is 4180. The molecule has 0 spiro atoms. The van der Waals surface area contributed by atoms with Crippen molar-refractivity contribution >= 4 is 139 Å². The molecular weight excluding hydrogens is 1190 g/mol. The number of hydrogen-bond acceptors (Lipinski definition) is 2. The van der Waals surface area contributed by atoms with E-state index in [0.717, 1.165) is 27.8 Å². The first-order valence-corrected chi connectivity index (χ1v) is 30.3. The van der Waals surface area contributed by atoms with Gasteiger partial charge in [-0.1, -0.05) is 330 Å². The second kappa shape index (κ2) is 27.1. The van der Waals surface area contributed by atoms with Gasteiger partial charge >= 0.3 is 7.12 Å². The Morgan fingerprint density at radius 1 is 0.230 bits per heavy atom. The monoisotopic (exact) mass is 1250 g/mol. The molecule has 5 heteroatoms. The van der Waals surface area contributed by atoms with Crippen LogP contribution in [0.25, 0.3) is 140 Å². The molecule has 0 aliphatic heterocycles. The molecule has 0 atom stereocenters. The molecule has 418 valence electrons. The van der Waals surface area contributed by atoms with Crippen molar-refractivity contribution in [3.63, 3.8) is 0 Å². The Labute approximate surface area is 526 Å². The van der Waals surface area contributed by atoms with E-state index < -0.39 is 7.12 Å². The Morgan fingerprint density at radius 2 is 0.391 bits per heavy atom. The smallest absolute Gasteiger partial charge is 0.423 e. The normalized spacial score (nSPS) is 10.8. The highest BCUT2D eigenvalue weighted by Crippen LogP contribution is 2.46. The molecule has 0 saturated heterocycles. The van der Waals surface area contributed by atoms with Crippen LogP contribution in [0.1, 0.15) is 27.8 Å². The van der Waals surface area contributed by atoms with Crippen molar-refractivity contribution in [3.05, 3.63) is 337 Å². The third kappa shape index (κ3) is 12.4. The Hall–Kier alpha value is -9.72. The molecule has 87 heavy (non-hydrogen) atoms. The molecule has 14 aromatic rings. The number of hydrogen-bond donors (Lipinski definition) is 2. The molecule has 0 aromatic heterocycles. The summed E-state index contributed by atoms with van der Waals surface area (Å²) in [7, 11) is -1.38. The number of halogens is 2. The van der Waals surface area contributed by atoms with E-state index in [2.05, 4.69) is 307 Å². The van der Waals surface area contributed by atoms with E-state index in [0.29, 0.717) is 5.46 Å². The van der Waals surface area contributed by atoms with Gasteiger partial charge in [-0.15, -0.1) is 0 Å². The predicted molar refractivity (Wildman–Crippen MR) is 388 cm³/mol. The summed E-state index contributed by atoms with van der Waals surface area (Å²) in [4.78, 5) is 0. The molecule has 0 aliphatic carbocycles. The van der Waals surface area contributed by atoms with Gasteiger partial charge in [0, 0.05) is 8.95 Å². The van der Waals surface area contributed by atoms with Crippen LogP contribution in [0.4, 0.5) is 0 Å². The molecule has 0 aliphatic rings. The van der Waals surface area contributed by atoms with E-state index in [9.17, 15) is 0 Å². The van der Waals surface area contributed by atoms with Crippen LogP contribution >= 0.6 is 31.9 Å². The highest BCUT2D eigenvalue weighted by molar-refractivity contribution is 9.11. The van der Waals surface area contributed by atoms with Gasteiger partial charge in [-0.05, 0) is 174 Å². The SMILES string of the molecule is Brc1c2ccccc2c(Br)c2ccccc12.C=Cc1ccc(-c2c3ccccc3c(-c3ccc(C=C)cc3)c3ccccc23)cc1.C=Cc1ccc(-c2c3ccccc3c(-c3ccc(C=C)cc3)c3ccccc23)cc1.C=Cc1ccc(B(O)O)cc1. The van der Waals surface area contributed by atoms with Gasteiger partial charge in [-0.25, -0.2) is 0 Å². The Balaban J connectivity index is 0.000000129. The van der Waals surface area contributed by atoms with Crippen molar-refractivity contribution in [3.8, 4) is 44.5 Å². The largest absolute Gasteiger partial charge is 0.488 e. The van der Waals surface area contributed by atoms with E-state index in [-0.39, 0.29) is 0 Å². The van der Waals surface area contributed by atoms with Crippen LogP contribution in [0.2, 0.25) is 0 Å². The van der Waals surface area contributed by atoms with Gasteiger partial charge in [-0.2, -0.15) is 0 Å². The van der Waals surface area contributed by atoms with Gasteiger partial charge in [0.25, 0.3) is 0 Å². The van der Waals surface area contributed by atoms with Crippen LogP contribution in [0, 0.1) is 0 Å². The van der Waals surface area contributed by atoms with E-state index in [1.807, 2.05) is 24.3 Å². The molecule has 0 fully saturated rings. The summed E-state index contributed by atoms with van der Waals surface area (Å²) in [6.07, 6.45) is 9.24. The van der Waals surface area contributed by atoms with E-state index in [4.69, 9.17) is 10.0 Å². The lowest BCUT2D eigenvalue weighted by Crippen LogP contribution is -2.29. The molecule has 14 aromatic carbocycles. The van der Waals surface area contributed by atoms with Gasteiger partial charge < -0.3 is 10.0 Å². The lowest BCUT2D eigenvalue weighted by atomic mass is 9.80. The molecule has 2 N–H and O–H groups in total. The minimum absolute atomic E-state index is 0.496. The second-order valence-corrected chi connectivity index (χ2v) is 22.5. The van der Waals surface area contributed by atoms with Gasteiger partial charge in [0.1, 0.15) is 0 Å². The minimum atomic E-state index is -1.38. The molecular formula is C82H61BBr2O2. The fraction of sp³-hybridized carbons (Fsp3) is 0. The maximum atomic E-state index is 8.72. The molecule has 0 saturated carbocycles. The van der Waals surface area contributed by atoms with Gasteiger partial charge in [0.2, 0.25) is 0 Å². The van der Waals surface area contributed by atoms with E-state index in [1.54, 1.807) is 30.3 Å². The standard InChI is InChI=1S/2C30H22.C14H8Br2.C8H9BO2/c2*1-3-21-13-17-23(18-14-21)29-25-9-5-7-11-27(25)30(28-12-8-6-10-26(28)29)24-19-15-22(4-2)16-20-24;15-13-9-5-1-2-6-10(9)14(16)12-8-4-3-7-11(12)13;1-2-7-3-5-8(6-4-7)9(10)11/h2*3-20H,1-2H2;1-8H;2-6,10-11H,1H2. The zero-order valence-corrected chi connectivity index (χ0v) is 51.2. The lowest BCUT2D eigenvalue weighted by Gasteiger charge is -2.18. The summed E-state index contributed by atoms with van der Waals surface area (Å²) in [6, 6.07) is 93.2. The summed E-state index contributed by atoms with van der Waals surface area (Å²) < 4.78 is 2.34. The second-order valence-electron chi connectivity index (χ2n) is 21.0. The fourth-order valence-corrected chi connectivity index (χ4v) is 12.9. The zero-order valence-electron chi connectivity index (χ0n) is 48.1. The third-order valence-corrected chi connectivity index (χ3v) is 17.6. The van der Waals surface area contributed by atoms with Gasteiger partial charge in [0.05, 0.1) is 0 Å². The maximum Gasteiger partial charge on any atom is 0.488 e. The van der Waals surface area contributed by atoms with Crippen LogP contribution in [0.15, 0.2) is 309 Å². The van der Waals surface area contributed by atoms with Crippen LogP contribution in [0.3, 0.4) is 0 Å². The average Bonchev–Trinajstić information content (AvgIpc) is 1.35. The van der Waals surface area contributed by atoms with Crippen molar-refractivity contribution in [2.75, 3.05) is 0 Å². The van der Waals surface area contributed by atoms with Crippen molar-refractivity contribution < 1.29 is 10.0 Å². The first kappa shape index (κ1) is 59.0. The van der Waals surface area contributed by atoms with E-state index in [1.165, 1.54) is 118 Å². The molecule has 14 rings (SSSR count). The van der Waals surface area contributed by atoms with Crippen molar-refractivity contribution in [2.45, 2.75) is 0 Å². The highest BCUT2D eigenvalue weighted by atomic mass is 79.9. The summed E-state index contributed by atoms with van der Waals surface area (Å²) in [5.41, 5.74) is 16.0. The summed E-state index contributed by atoms with van der Waals surface area (Å²) >= 11 is 7.39. The summed E-state index contributed by atoms with van der Waals surface area (Å²) in [5, 5.41) is 32.6. The maximum absolute atomic E-state index is 8.72. The van der Waals surface area contributed by atoms with E-state index >= 15 is 0 Å². The Morgan fingerprint density at radius 3 is 0.552 bits per heavy atom. The molecule has 0 heterocycles. The van der Waals surface area contributed by atoms with Crippen LogP contribution < -0.4 is 5.46 Å². The quantitative estimate of drug-likeness (QED) is 0.106. The molecule has 0 bridgehead atoms. The average molecular weight is 1250 g/mol. The predicted octanol–water partition coefficient (Wildman–Crippen LogP) is 22.8. The molecule has 0 unspecified atom stereocenters. The highest BCUT2D eigenvalue weighted by Gasteiger charge is 2.19. The minimum Gasteiger partial charge on any atom is -0.423 e. The first-order chi connectivity index (χ1) is 42.6. The van der Waals surface area contributed by atoms with Crippen LogP contribution in [-0.4, -0.2) is 17.2 Å². The molecule has 2 nitrogen and oxygen atoms in total. The van der Waals surface area contributed by atoms with Crippen molar-refractivity contribution in [1.29, 1.82) is 0 Å². The molecule has 0 amide bonds. The number of fused-ring (bicyclic) bond motifs is 6. The first-order valence-electron chi connectivity index (χ1n) is 28.7. The van der Waals surface area contributed by atoms with Crippen LogP contribution in [-0.2, 0) is 0 Å². The topological polar surface area (TPSA) is 40.5 Å². The Kier molecular flexibility index (Phi) is 18.4. The third-order valence-electron chi connectivity index (χ3n) is 15.9. The van der Waals surface area contributed by atoms with Gasteiger partial charge in [0.15, 0.2) is 0 Å². The van der Waals surface area contributed by atoms with Crippen LogP contribution in [0.5, 0.6) is 0 Å². The number of rotatable bonds is 10. The van der Waals surface area contributed by atoms with Crippen molar-refractivity contribution in [1.82, 2.24) is 0 Å². The lowest BCUT2D eigenvalue weighted by molar-refractivity contribution is 0.426. The van der Waals surface area contributed by atoms with Gasteiger partial charge in [-0.3, -0.25) is 0 Å². The number of benzene rings is 14. The summed E-state index contributed by atoms with van der Waals surface area (Å²) in [5.74, 6) is 0. The summed E-state index contributed by atoms with van der Waals surface area (Å²) in [6.45, 7) is 19.1. The fourth-order valence-electron chi connectivity index (χ4n) is 11.5. The van der Waals surface area contributed by atoms with Crippen molar-refractivity contribution in [2.24, 2.45) is 0 Å². The molecule has 0 radical (unpaired) electrons.